The fourth-order valence-corrected chi connectivity index (χ4v) is 5.55. The molecule has 3 saturated heterocycles. The van der Waals surface area contributed by atoms with Gasteiger partial charge in [-0.1, -0.05) is 0 Å². The first-order valence-electron chi connectivity index (χ1n) is 11.9. The summed E-state index contributed by atoms with van der Waals surface area (Å²) >= 11 is 0. The van der Waals surface area contributed by atoms with Gasteiger partial charge in [0.05, 0.1) is 12.6 Å². The van der Waals surface area contributed by atoms with Crippen molar-refractivity contribution in [3.63, 3.8) is 0 Å². The molecule has 3 rings (SSSR count). The molecule has 0 aliphatic carbocycles. The topological polar surface area (TPSA) is 41.1 Å². The third-order valence-corrected chi connectivity index (χ3v) is 7.64. The highest BCUT2D eigenvalue weighted by molar-refractivity contribution is 5.32. The van der Waals surface area contributed by atoms with Gasteiger partial charge in [-0.3, -0.25) is 0 Å². The Labute approximate surface area is 183 Å². The molecular formula is C24H40N6. The summed E-state index contributed by atoms with van der Waals surface area (Å²) in [6, 6.07) is 3.92. The summed E-state index contributed by atoms with van der Waals surface area (Å²) < 4.78 is 0. The Morgan fingerprint density at radius 3 is 2.27 bits per heavy atom. The fourth-order valence-electron chi connectivity index (χ4n) is 5.55. The molecule has 3 fully saturated rings. The number of piperidine rings is 2. The van der Waals surface area contributed by atoms with E-state index in [0.717, 1.165) is 69.6 Å². The largest absolute Gasteiger partial charge is 0.366 e. The van der Waals surface area contributed by atoms with Crippen LogP contribution in [0.3, 0.4) is 0 Å². The van der Waals surface area contributed by atoms with Gasteiger partial charge in [-0.15, -0.1) is 0 Å². The molecule has 3 aliphatic rings. The zero-order valence-corrected chi connectivity index (χ0v) is 19.5. The predicted octanol–water partition coefficient (Wildman–Crippen LogP) is 3.60. The molecule has 166 valence electrons. The number of nitriles is 1. The fraction of sp³-hybridized carbons (Fsp3) is 0.833. The van der Waals surface area contributed by atoms with E-state index in [2.05, 4.69) is 58.3 Å². The van der Waals surface area contributed by atoms with E-state index in [-0.39, 0.29) is 5.70 Å². The summed E-state index contributed by atoms with van der Waals surface area (Å²) in [4.78, 5) is 13.4. The molecule has 0 spiro atoms. The molecule has 0 aromatic carbocycles. The second-order valence-electron chi connectivity index (χ2n) is 9.78. The van der Waals surface area contributed by atoms with Gasteiger partial charge in [-0.2, -0.15) is 0 Å². The summed E-state index contributed by atoms with van der Waals surface area (Å²) in [5.74, 6) is 1.62. The van der Waals surface area contributed by atoms with Crippen molar-refractivity contribution in [1.29, 1.82) is 5.26 Å². The Morgan fingerprint density at radius 2 is 1.77 bits per heavy atom. The second kappa shape index (κ2) is 10.5. The van der Waals surface area contributed by atoms with Crippen LogP contribution in [0.4, 0.5) is 0 Å². The second-order valence-corrected chi connectivity index (χ2v) is 9.78. The third-order valence-electron chi connectivity index (χ3n) is 7.64. The van der Waals surface area contributed by atoms with E-state index in [1.165, 1.54) is 25.9 Å². The number of hydrogen-bond donors (Lipinski definition) is 0. The Hall–Kier alpha value is -1.76. The van der Waals surface area contributed by atoms with Crippen LogP contribution in [-0.2, 0) is 0 Å². The summed E-state index contributed by atoms with van der Waals surface area (Å²) in [5, 5.41) is 9.67. The van der Waals surface area contributed by atoms with E-state index in [0.29, 0.717) is 12.1 Å². The molecule has 0 aromatic rings. The maximum Gasteiger partial charge on any atom is 0.300 e. The number of hydrogen-bond acceptors (Lipinski definition) is 5. The lowest BCUT2D eigenvalue weighted by molar-refractivity contribution is 0.0869. The molecule has 0 aromatic heterocycles. The van der Waals surface area contributed by atoms with Crippen molar-refractivity contribution in [2.45, 2.75) is 77.4 Å². The number of rotatable bonds is 6. The number of allylic oxidation sites excluding steroid dienone is 1. The van der Waals surface area contributed by atoms with E-state index in [4.69, 9.17) is 6.57 Å². The summed E-state index contributed by atoms with van der Waals surface area (Å²) in [6.45, 7) is 21.0. The minimum absolute atomic E-state index is 0.260. The monoisotopic (exact) mass is 412 g/mol. The van der Waals surface area contributed by atoms with E-state index < -0.39 is 0 Å². The van der Waals surface area contributed by atoms with Crippen molar-refractivity contribution in [2.75, 3.05) is 46.3 Å². The molecule has 0 N–H and O–H groups in total. The molecule has 1 atom stereocenters. The zero-order valence-electron chi connectivity index (χ0n) is 19.5. The lowest BCUT2D eigenvalue weighted by atomic mass is 9.95. The highest BCUT2D eigenvalue weighted by Gasteiger charge is 2.32. The van der Waals surface area contributed by atoms with Crippen LogP contribution >= 0.6 is 0 Å². The minimum atomic E-state index is 0.260. The molecule has 0 saturated carbocycles. The van der Waals surface area contributed by atoms with Gasteiger partial charge in [-0.05, 0) is 71.8 Å². The van der Waals surface area contributed by atoms with Crippen molar-refractivity contribution in [3.8, 4) is 6.07 Å². The Bertz CT molecular complexity index is 655. The summed E-state index contributed by atoms with van der Waals surface area (Å²) in [7, 11) is 2.10. The van der Waals surface area contributed by atoms with Crippen molar-refractivity contribution >= 4 is 0 Å². The molecule has 0 radical (unpaired) electrons. The van der Waals surface area contributed by atoms with Gasteiger partial charge in [0.1, 0.15) is 5.82 Å². The van der Waals surface area contributed by atoms with Gasteiger partial charge in [-0.25, -0.2) is 10.1 Å². The lowest BCUT2D eigenvalue weighted by Crippen LogP contribution is -2.49. The average molecular weight is 413 g/mol. The van der Waals surface area contributed by atoms with Gasteiger partial charge < -0.3 is 19.6 Å². The first kappa shape index (κ1) is 22.9. The predicted molar refractivity (Wildman–Crippen MR) is 121 cm³/mol. The normalized spacial score (nSPS) is 25.8. The molecule has 0 amide bonds. The zero-order chi connectivity index (χ0) is 21.7. The van der Waals surface area contributed by atoms with Crippen molar-refractivity contribution in [2.24, 2.45) is 5.92 Å². The van der Waals surface area contributed by atoms with Gasteiger partial charge >= 0.3 is 5.70 Å². The maximum absolute atomic E-state index is 9.67. The van der Waals surface area contributed by atoms with E-state index in [1.54, 1.807) is 0 Å². The van der Waals surface area contributed by atoms with Crippen molar-refractivity contribution < 1.29 is 0 Å². The van der Waals surface area contributed by atoms with E-state index in [9.17, 15) is 5.26 Å². The van der Waals surface area contributed by atoms with Gasteiger partial charge in [0, 0.05) is 57.9 Å². The SMILES string of the molecule is [C-]#[N+]/C(C#N)=C(/N1CCC(CN2CCCC2C)CC1)N(C)C1CCN(C(C)C)CC1. The van der Waals surface area contributed by atoms with Crippen molar-refractivity contribution in [1.82, 2.24) is 19.6 Å². The van der Waals surface area contributed by atoms with Crippen LogP contribution in [0, 0.1) is 23.8 Å². The lowest BCUT2D eigenvalue weighted by Gasteiger charge is -2.45. The highest BCUT2D eigenvalue weighted by Crippen LogP contribution is 2.29. The highest BCUT2D eigenvalue weighted by atomic mass is 15.3. The van der Waals surface area contributed by atoms with Gasteiger partial charge in [0.2, 0.25) is 0 Å². The molecule has 6 heteroatoms. The van der Waals surface area contributed by atoms with Gasteiger partial charge in [0.15, 0.2) is 0 Å². The minimum Gasteiger partial charge on any atom is -0.366 e. The smallest absolute Gasteiger partial charge is 0.300 e. The van der Waals surface area contributed by atoms with Crippen LogP contribution in [0.1, 0.15) is 59.3 Å². The molecule has 1 unspecified atom stereocenters. The Kier molecular flexibility index (Phi) is 8.03. The molecule has 3 heterocycles. The Morgan fingerprint density at radius 1 is 1.10 bits per heavy atom. The number of nitrogens with zero attached hydrogens (tertiary/aromatic N) is 6. The van der Waals surface area contributed by atoms with Crippen molar-refractivity contribution in [3.05, 3.63) is 22.9 Å². The first-order chi connectivity index (χ1) is 14.4. The van der Waals surface area contributed by atoms with Crippen LogP contribution in [0.25, 0.3) is 4.85 Å². The molecular weight excluding hydrogens is 372 g/mol. The van der Waals surface area contributed by atoms with E-state index >= 15 is 0 Å². The molecule has 30 heavy (non-hydrogen) atoms. The van der Waals surface area contributed by atoms with E-state index in [1.807, 2.05) is 0 Å². The van der Waals surface area contributed by atoms with Crippen LogP contribution < -0.4 is 0 Å². The standard InChI is InChI=1S/C24H40N6/c1-19(2)28-15-10-22(11-16-28)27(5)24(23(17-25)26-4)29-13-8-21(9-14-29)18-30-12-6-7-20(30)3/h19-22H,6-16,18H2,1-3,5H3/b24-23+. The van der Waals surface area contributed by atoms with Crippen LogP contribution in [0.15, 0.2) is 11.5 Å². The third kappa shape index (κ3) is 5.29. The quantitative estimate of drug-likeness (QED) is 0.492. The number of likely N-dealkylation sites (tertiary alicyclic amines) is 3. The Balaban J connectivity index is 1.63. The molecule has 3 aliphatic heterocycles. The molecule has 6 nitrogen and oxygen atoms in total. The molecule has 0 bridgehead atoms. The summed E-state index contributed by atoms with van der Waals surface area (Å²) in [6.07, 6.45) is 7.18. The van der Waals surface area contributed by atoms with Crippen LogP contribution in [0.2, 0.25) is 0 Å². The maximum atomic E-state index is 9.67. The van der Waals surface area contributed by atoms with Gasteiger partial charge in [0.25, 0.3) is 0 Å². The van der Waals surface area contributed by atoms with Crippen LogP contribution in [0.5, 0.6) is 0 Å². The average Bonchev–Trinajstić information content (AvgIpc) is 3.16. The summed E-state index contributed by atoms with van der Waals surface area (Å²) in [5.41, 5.74) is 0.260. The first-order valence-corrected chi connectivity index (χ1v) is 11.9. The van der Waals surface area contributed by atoms with Crippen LogP contribution in [-0.4, -0.2) is 84.0 Å².